The number of hydrogen-bond donors (Lipinski definition) is 2. The zero-order valence-corrected chi connectivity index (χ0v) is 8.98. The second-order valence-corrected chi connectivity index (χ2v) is 4.76. The maximum absolute atomic E-state index is 11.6. The largest absolute Gasteiger partial charge is 0.363 e. The summed E-state index contributed by atoms with van der Waals surface area (Å²) < 4.78 is 4.64. The average molecular weight is 221 g/mol. The van der Waals surface area contributed by atoms with E-state index < -0.39 is 0 Å². The lowest BCUT2D eigenvalue weighted by Crippen LogP contribution is -2.41. The van der Waals surface area contributed by atoms with Gasteiger partial charge in [0.05, 0.1) is 0 Å². The Hall–Kier alpha value is -1.52. The zero-order valence-electron chi connectivity index (χ0n) is 8.98. The molecule has 2 N–H and O–H groups in total. The Morgan fingerprint density at radius 3 is 3.00 bits per heavy atom. The van der Waals surface area contributed by atoms with Crippen LogP contribution < -0.4 is 10.6 Å². The molecule has 16 heavy (non-hydrogen) atoms. The van der Waals surface area contributed by atoms with Crippen molar-refractivity contribution in [3.05, 3.63) is 12.3 Å². The van der Waals surface area contributed by atoms with Crippen LogP contribution in [0.3, 0.4) is 0 Å². The fourth-order valence-electron chi connectivity index (χ4n) is 3.02. The van der Waals surface area contributed by atoms with Crippen LogP contribution >= 0.6 is 0 Å². The molecule has 2 amide bonds. The molecule has 2 aliphatic rings. The van der Waals surface area contributed by atoms with Gasteiger partial charge in [0, 0.05) is 12.1 Å². The molecule has 0 aliphatic heterocycles. The quantitative estimate of drug-likeness (QED) is 0.802. The Balaban J connectivity index is 1.53. The predicted octanol–water partition coefficient (Wildman–Crippen LogP) is 1.98. The highest BCUT2D eigenvalue weighted by molar-refractivity contribution is 5.88. The third kappa shape index (κ3) is 1.77. The molecule has 0 aromatic carbocycles. The van der Waals surface area contributed by atoms with E-state index in [0.29, 0.717) is 17.8 Å². The highest BCUT2D eigenvalue weighted by atomic mass is 16.5. The SMILES string of the molecule is O=C(Nc1ccon1)NC1CC2CCC1C2. The normalized spacial score (nSPS) is 31.6. The number of amides is 2. The van der Waals surface area contributed by atoms with Crippen LogP contribution in [0.4, 0.5) is 10.6 Å². The van der Waals surface area contributed by atoms with Crippen LogP contribution in [0.2, 0.25) is 0 Å². The molecule has 5 nitrogen and oxygen atoms in total. The number of nitrogens with one attached hydrogen (secondary N) is 2. The monoisotopic (exact) mass is 221 g/mol. The minimum Gasteiger partial charge on any atom is -0.363 e. The molecular formula is C11H15N3O2. The number of fused-ring (bicyclic) bond motifs is 2. The van der Waals surface area contributed by atoms with Gasteiger partial charge in [-0.1, -0.05) is 11.6 Å². The summed E-state index contributed by atoms with van der Waals surface area (Å²) in [5.74, 6) is 1.98. The number of urea groups is 1. The van der Waals surface area contributed by atoms with E-state index in [1.165, 1.54) is 25.5 Å². The lowest BCUT2D eigenvalue weighted by molar-refractivity contribution is 0.242. The van der Waals surface area contributed by atoms with E-state index in [4.69, 9.17) is 0 Å². The van der Waals surface area contributed by atoms with Crippen LogP contribution in [-0.4, -0.2) is 17.2 Å². The maximum Gasteiger partial charge on any atom is 0.320 e. The highest BCUT2D eigenvalue weighted by Gasteiger charge is 2.40. The van der Waals surface area contributed by atoms with Gasteiger partial charge in [0.2, 0.25) is 0 Å². The predicted molar refractivity (Wildman–Crippen MR) is 57.9 cm³/mol. The lowest BCUT2D eigenvalue weighted by atomic mass is 9.95. The number of aromatic nitrogens is 1. The molecule has 0 saturated heterocycles. The Morgan fingerprint density at radius 2 is 2.38 bits per heavy atom. The molecule has 86 valence electrons. The van der Waals surface area contributed by atoms with Crippen LogP contribution in [0.1, 0.15) is 25.7 Å². The number of anilines is 1. The summed E-state index contributed by atoms with van der Waals surface area (Å²) >= 11 is 0. The number of nitrogens with zero attached hydrogens (tertiary/aromatic N) is 1. The Kier molecular flexibility index (Phi) is 2.31. The Morgan fingerprint density at radius 1 is 1.44 bits per heavy atom. The van der Waals surface area contributed by atoms with Crippen LogP contribution in [0.15, 0.2) is 16.9 Å². The number of hydrogen-bond acceptors (Lipinski definition) is 3. The van der Waals surface area contributed by atoms with Crippen molar-refractivity contribution in [1.29, 1.82) is 0 Å². The molecule has 3 unspecified atom stereocenters. The first-order chi connectivity index (χ1) is 7.81. The van der Waals surface area contributed by atoms with Crippen molar-refractivity contribution in [2.75, 3.05) is 5.32 Å². The summed E-state index contributed by atoms with van der Waals surface area (Å²) in [5.41, 5.74) is 0. The molecule has 2 aliphatic carbocycles. The zero-order chi connectivity index (χ0) is 11.0. The molecule has 1 aromatic rings. The molecule has 2 fully saturated rings. The van der Waals surface area contributed by atoms with E-state index in [1.54, 1.807) is 6.07 Å². The second kappa shape index (κ2) is 3.81. The number of rotatable bonds is 2. The third-order valence-corrected chi connectivity index (χ3v) is 3.73. The number of carbonyl (C=O) groups excluding carboxylic acids is 1. The van der Waals surface area contributed by atoms with Crippen molar-refractivity contribution in [2.24, 2.45) is 11.8 Å². The number of carbonyl (C=O) groups is 1. The van der Waals surface area contributed by atoms with E-state index in [2.05, 4.69) is 20.3 Å². The minimum absolute atomic E-state index is 0.175. The van der Waals surface area contributed by atoms with Gasteiger partial charge in [0.1, 0.15) is 6.26 Å². The van der Waals surface area contributed by atoms with E-state index in [1.807, 2.05) is 0 Å². The minimum atomic E-state index is -0.175. The van der Waals surface area contributed by atoms with E-state index in [-0.39, 0.29) is 6.03 Å². The van der Waals surface area contributed by atoms with E-state index in [0.717, 1.165) is 12.3 Å². The van der Waals surface area contributed by atoms with Crippen molar-refractivity contribution in [2.45, 2.75) is 31.7 Å². The third-order valence-electron chi connectivity index (χ3n) is 3.73. The second-order valence-electron chi connectivity index (χ2n) is 4.76. The lowest BCUT2D eigenvalue weighted by Gasteiger charge is -2.22. The van der Waals surface area contributed by atoms with Crippen LogP contribution in [-0.2, 0) is 0 Å². The van der Waals surface area contributed by atoms with Gasteiger partial charge in [0.15, 0.2) is 5.82 Å². The van der Waals surface area contributed by atoms with E-state index >= 15 is 0 Å². The van der Waals surface area contributed by atoms with Gasteiger partial charge in [-0.05, 0) is 31.1 Å². The first kappa shape index (κ1) is 9.69. The van der Waals surface area contributed by atoms with Crippen molar-refractivity contribution < 1.29 is 9.32 Å². The molecular weight excluding hydrogens is 206 g/mol. The molecule has 0 radical (unpaired) electrons. The molecule has 1 aromatic heterocycles. The van der Waals surface area contributed by atoms with Gasteiger partial charge in [-0.3, -0.25) is 5.32 Å². The van der Waals surface area contributed by atoms with Gasteiger partial charge in [0.25, 0.3) is 0 Å². The van der Waals surface area contributed by atoms with Crippen molar-refractivity contribution in [3.8, 4) is 0 Å². The van der Waals surface area contributed by atoms with Gasteiger partial charge in [-0.15, -0.1) is 0 Å². The Bertz CT molecular complexity index is 377. The summed E-state index contributed by atoms with van der Waals surface area (Å²) in [6.07, 6.45) is 6.46. The van der Waals surface area contributed by atoms with Crippen LogP contribution in [0.25, 0.3) is 0 Å². The summed E-state index contributed by atoms with van der Waals surface area (Å²) in [5, 5.41) is 9.30. The first-order valence-electron chi connectivity index (χ1n) is 5.79. The van der Waals surface area contributed by atoms with Gasteiger partial charge in [-0.2, -0.15) is 0 Å². The smallest absolute Gasteiger partial charge is 0.320 e. The van der Waals surface area contributed by atoms with Gasteiger partial charge in [-0.25, -0.2) is 4.79 Å². The standard InChI is InChI=1S/C11H15N3O2/c15-11(13-10-3-4-16-14-10)12-9-6-7-1-2-8(9)5-7/h3-4,7-9H,1-2,5-6H2,(H2,12,13,14,15). The van der Waals surface area contributed by atoms with Crippen molar-refractivity contribution in [3.63, 3.8) is 0 Å². The fourth-order valence-corrected chi connectivity index (χ4v) is 3.02. The average Bonchev–Trinajstić information content (AvgIpc) is 2.92. The summed E-state index contributed by atoms with van der Waals surface area (Å²) in [6, 6.07) is 1.80. The van der Waals surface area contributed by atoms with Crippen LogP contribution in [0, 0.1) is 11.8 Å². The van der Waals surface area contributed by atoms with Crippen LogP contribution in [0.5, 0.6) is 0 Å². The molecule has 1 heterocycles. The highest BCUT2D eigenvalue weighted by Crippen LogP contribution is 2.44. The molecule has 3 rings (SSSR count). The summed E-state index contributed by atoms with van der Waals surface area (Å²) in [6.45, 7) is 0. The molecule has 2 saturated carbocycles. The van der Waals surface area contributed by atoms with E-state index in [9.17, 15) is 4.79 Å². The van der Waals surface area contributed by atoms with Crippen molar-refractivity contribution in [1.82, 2.24) is 10.5 Å². The Labute approximate surface area is 93.6 Å². The maximum atomic E-state index is 11.6. The van der Waals surface area contributed by atoms with Gasteiger partial charge < -0.3 is 9.84 Å². The van der Waals surface area contributed by atoms with Gasteiger partial charge >= 0.3 is 6.03 Å². The molecule has 3 atom stereocenters. The van der Waals surface area contributed by atoms with Crippen molar-refractivity contribution >= 4 is 11.8 Å². The summed E-state index contributed by atoms with van der Waals surface area (Å²) in [7, 11) is 0. The molecule has 2 bridgehead atoms. The molecule has 0 spiro atoms. The topological polar surface area (TPSA) is 67.2 Å². The fraction of sp³-hybridized carbons (Fsp3) is 0.636. The summed E-state index contributed by atoms with van der Waals surface area (Å²) in [4.78, 5) is 11.6. The molecule has 5 heteroatoms. The first-order valence-corrected chi connectivity index (χ1v) is 5.79.